The molecule has 0 radical (unpaired) electrons. The maximum atomic E-state index is 12.2. The van der Waals surface area contributed by atoms with Crippen molar-refractivity contribution in [3.8, 4) is 5.75 Å². The van der Waals surface area contributed by atoms with Gasteiger partial charge < -0.3 is 10.1 Å². The van der Waals surface area contributed by atoms with E-state index >= 15 is 0 Å². The number of hydrogen-bond donors (Lipinski definition) is 1. The van der Waals surface area contributed by atoms with Gasteiger partial charge in [0.2, 0.25) is 0 Å². The number of benzene rings is 1. The van der Waals surface area contributed by atoms with Gasteiger partial charge in [-0.1, -0.05) is 39.7 Å². The number of carbonyl (C=O) groups excluding carboxylic acids is 1. The Balaban J connectivity index is 0.000000956. The van der Waals surface area contributed by atoms with Crippen LogP contribution < -0.4 is 10.1 Å². The molecule has 0 spiro atoms. The quantitative estimate of drug-likeness (QED) is 0.904. The molecule has 0 bridgehead atoms. The molecule has 112 valence electrons. The van der Waals surface area contributed by atoms with Crippen LogP contribution in [0, 0.1) is 0 Å². The highest BCUT2D eigenvalue weighted by atomic mass is 16.5. The Labute approximate surface area is 122 Å². The monoisotopic (exact) mass is 277 g/mol. The number of hydrogen-bond acceptors (Lipinski definition) is 2. The number of carbonyl (C=O) groups is 1. The van der Waals surface area contributed by atoms with Crippen LogP contribution in [0.2, 0.25) is 0 Å². The molecule has 0 heterocycles. The first kappa shape index (κ1) is 16.5. The first-order valence-corrected chi connectivity index (χ1v) is 7.72. The van der Waals surface area contributed by atoms with E-state index in [9.17, 15) is 4.79 Å². The average Bonchev–Trinajstić information content (AvgIpc) is 3.01. The fourth-order valence-corrected chi connectivity index (χ4v) is 2.48. The average molecular weight is 277 g/mol. The predicted octanol–water partition coefficient (Wildman–Crippen LogP) is 3.96. The SMILES string of the molecule is CC.CCc1ccc(C(=O)NC2CCCC2)c(OC)c1. The van der Waals surface area contributed by atoms with E-state index in [0.717, 1.165) is 19.3 Å². The molecule has 1 aliphatic carbocycles. The van der Waals surface area contributed by atoms with E-state index in [1.165, 1.54) is 18.4 Å². The molecule has 0 aliphatic heterocycles. The van der Waals surface area contributed by atoms with E-state index in [4.69, 9.17) is 4.74 Å². The Bertz CT molecular complexity index is 423. The fraction of sp³-hybridized carbons (Fsp3) is 0.588. The van der Waals surface area contributed by atoms with Gasteiger partial charge in [0.05, 0.1) is 12.7 Å². The highest BCUT2D eigenvalue weighted by Gasteiger charge is 2.20. The third-order valence-electron chi connectivity index (χ3n) is 3.61. The number of methoxy groups -OCH3 is 1. The van der Waals surface area contributed by atoms with Crippen molar-refractivity contribution in [1.29, 1.82) is 0 Å². The molecule has 3 heteroatoms. The van der Waals surface area contributed by atoms with Crippen molar-refractivity contribution in [2.24, 2.45) is 0 Å². The maximum Gasteiger partial charge on any atom is 0.255 e. The van der Waals surface area contributed by atoms with Gasteiger partial charge in [0.15, 0.2) is 0 Å². The second-order valence-electron chi connectivity index (χ2n) is 4.84. The Kier molecular flexibility index (Phi) is 7.13. The van der Waals surface area contributed by atoms with Crippen molar-refractivity contribution < 1.29 is 9.53 Å². The Morgan fingerprint density at radius 2 is 1.95 bits per heavy atom. The van der Waals surface area contributed by atoms with Crippen LogP contribution in [0.15, 0.2) is 18.2 Å². The van der Waals surface area contributed by atoms with Gasteiger partial charge in [-0.2, -0.15) is 0 Å². The zero-order valence-electron chi connectivity index (χ0n) is 13.2. The van der Waals surface area contributed by atoms with Crippen molar-refractivity contribution >= 4 is 5.91 Å². The first-order chi connectivity index (χ1) is 9.74. The number of amides is 1. The smallest absolute Gasteiger partial charge is 0.255 e. The molecule has 0 aromatic heterocycles. The van der Waals surface area contributed by atoms with Crippen molar-refractivity contribution in [2.75, 3.05) is 7.11 Å². The largest absolute Gasteiger partial charge is 0.496 e. The van der Waals surface area contributed by atoms with E-state index in [2.05, 4.69) is 12.2 Å². The van der Waals surface area contributed by atoms with Gasteiger partial charge in [0, 0.05) is 6.04 Å². The molecular formula is C17H27NO2. The first-order valence-electron chi connectivity index (χ1n) is 7.72. The summed E-state index contributed by atoms with van der Waals surface area (Å²) in [4.78, 5) is 12.2. The summed E-state index contributed by atoms with van der Waals surface area (Å²) in [5.41, 5.74) is 1.82. The van der Waals surface area contributed by atoms with Crippen molar-refractivity contribution in [3.05, 3.63) is 29.3 Å². The molecule has 1 aromatic rings. The molecule has 1 amide bonds. The van der Waals surface area contributed by atoms with Crippen LogP contribution in [-0.4, -0.2) is 19.1 Å². The maximum absolute atomic E-state index is 12.2. The lowest BCUT2D eigenvalue weighted by Crippen LogP contribution is -2.32. The van der Waals surface area contributed by atoms with Crippen molar-refractivity contribution in [1.82, 2.24) is 5.32 Å². The second-order valence-corrected chi connectivity index (χ2v) is 4.84. The van der Waals surface area contributed by atoms with Gasteiger partial charge in [-0.25, -0.2) is 0 Å². The Morgan fingerprint density at radius 1 is 1.30 bits per heavy atom. The van der Waals surface area contributed by atoms with E-state index in [0.29, 0.717) is 17.4 Å². The molecule has 1 aromatic carbocycles. The molecule has 2 rings (SSSR count). The molecule has 0 unspecified atom stereocenters. The molecule has 3 nitrogen and oxygen atoms in total. The van der Waals surface area contributed by atoms with E-state index in [-0.39, 0.29) is 5.91 Å². The lowest BCUT2D eigenvalue weighted by Gasteiger charge is -2.14. The fourth-order valence-electron chi connectivity index (χ4n) is 2.48. The Hall–Kier alpha value is -1.51. The molecule has 1 saturated carbocycles. The molecule has 1 fully saturated rings. The van der Waals surface area contributed by atoms with Crippen molar-refractivity contribution in [2.45, 2.75) is 58.9 Å². The minimum atomic E-state index is -0.0126. The third kappa shape index (κ3) is 4.26. The van der Waals surface area contributed by atoms with Crippen LogP contribution in [0.5, 0.6) is 5.75 Å². The number of aryl methyl sites for hydroxylation is 1. The van der Waals surface area contributed by atoms with Crippen LogP contribution in [0.25, 0.3) is 0 Å². The molecule has 1 N–H and O–H groups in total. The third-order valence-corrected chi connectivity index (χ3v) is 3.61. The predicted molar refractivity (Wildman–Crippen MR) is 83.4 cm³/mol. The van der Waals surface area contributed by atoms with Crippen LogP contribution in [0.3, 0.4) is 0 Å². The normalized spacial score (nSPS) is 14.4. The van der Waals surface area contributed by atoms with E-state index in [1.807, 2.05) is 32.0 Å². The van der Waals surface area contributed by atoms with Gasteiger partial charge in [-0.3, -0.25) is 4.79 Å². The standard InChI is InChI=1S/C15H21NO2.C2H6/c1-3-11-8-9-13(14(10-11)18-2)15(17)16-12-6-4-5-7-12;1-2/h8-10,12H,3-7H2,1-2H3,(H,16,17);1-2H3. The highest BCUT2D eigenvalue weighted by Crippen LogP contribution is 2.22. The van der Waals surface area contributed by atoms with Crippen molar-refractivity contribution in [3.63, 3.8) is 0 Å². The molecular weight excluding hydrogens is 250 g/mol. The van der Waals surface area contributed by atoms with Gasteiger partial charge in [-0.15, -0.1) is 0 Å². The second kappa shape index (κ2) is 8.62. The summed E-state index contributed by atoms with van der Waals surface area (Å²) >= 11 is 0. The lowest BCUT2D eigenvalue weighted by atomic mass is 10.1. The molecule has 0 atom stereocenters. The summed E-state index contributed by atoms with van der Waals surface area (Å²) in [5.74, 6) is 0.659. The Morgan fingerprint density at radius 3 is 2.50 bits per heavy atom. The summed E-state index contributed by atoms with van der Waals surface area (Å²) in [6.45, 7) is 6.09. The highest BCUT2D eigenvalue weighted by molar-refractivity contribution is 5.97. The summed E-state index contributed by atoms with van der Waals surface area (Å²) < 4.78 is 5.31. The zero-order chi connectivity index (χ0) is 15.0. The van der Waals surface area contributed by atoms with Crippen LogP contribution in [-0.2, 0) is 6.42 Å². The summed E-state index contributed by atoms with van der Waals surface area (Å²) in [5, 5.41) is 3.09. The minimum absolute atomic E-state index is 0.0126. The van der Waals surface area contributed by atoms with Crippen LogP contribution >= 0.6 is 0 Å². The summed E-state index contributed by atoms with van der Waals surface area (Å²) in [6, 6.07) is 6.14. The molecule has 0 saturated heterocycles. The topological polar surface area (TPSA) is 38.3 Å². The number of rotatable bonds is 4. The summed E-state index contributed by atoms with van der Waals surface area (Å²) in [7, 11) is 1.61. The molecule has 1 aliphatic rings. The van der Waals surface area contributed by atoms with Gasteiger partial charge in [0.1, 0.15) is 5.75 Å². The van der Waals surface area contributed by atoms with E-state index < -0.39 is 0 Å². The van der Waals surface area contributed by atoms with Gasteiger partial charge in [-0.05, 0) is 37.0 Å². The zero-order valence-corrected chi connectivity index (χ0v) is 13.2. The molecule has 20 heavy (non-hydrogen) atoms. The van der Waals surface area contributed by atoms with Crippen LogP contribution in [0.4, 0.5) is 0 Å². The van der Waals surface area contributed by atoms with Gasteiger partial charge >= 0.3 is 0 Å². The lowest BCUT2D eigenvalue weighted by molar-refractivity contribution is 0.0935. The van der Waals surface area contributed by atoms with E-state index in [1.54, 1.807) is 7.11 Å². The van der Waals surface area contributed by atoms with Gasteiger partial charge in [0.25, 0.3) is 5.91 Å². The summed E-state index contributed by atoms with van der Waals surface area (Å²) in [6.07, 6.45) is 5.58. The van der Waals surface area contributed by atoms with Crippen LogP contribution in [0.1, 0.15) is 62.4 Å². The number of ether oxygens (including phenoxy) is 1. The number of nitrogens with one attached hydrogen (secondary N) is 1. The minimum Gasteiger partial charge on any atom is -0.496 e.